The molecule has 0 radical (unpaired) electrons. The standard InChI is InChI=1S/C14H22N4O/c1-10(2)7-15-8-14-16-5-6-18(14)9-13-11(3)17-19-12(13)4/h5-6,10,15H,7-9H2,1-4H3. The van der Waals surface area contributed by atoms with Crippen LogP contribution in [-0.2, 0) is 13.1 Å². The van der Waals surface area contributed by atoms with Crippen LogP contribution in [0.1, 0.15) is 36.7 Å². The van der Waals surface area contributed by atoms with E-state index in [9.17, 15) is 0 Å². The molecule has 0 bridgehead atoms. The van der Waals surface area contributed by atoms with Crippen LogP contribution in [0, 0.1) is 19.8 Å². The molecule has 0 aliphatic rings. The molecule has 0 saturated carbocycles. The first-order valence-electron chi connectivity index (χ1n) is 6.70. The monoisotopic (exact) mass is 262 g/mol. The van der Waals surface area contributed by atoms with E-state index in [2.05, 4.69) is 33.9 Å². The number of hydrogen-bond donors (Lipinski definition) is 1. The minimum Gasteiger partial charge on any atom is -0.361 e. The van der Waals surface area contributed by atoms with Crippen molar-refractivity contribution in [1.82, 2.24) is 20.0 Å². The minimum absolute atomic E-state index is 0.644. The highest BCUT2D eigenvalue weighted by Crippen LogP contribution is 2.14. The Kier molecular flexibility index (Phi) is 4.37. The molecule has 0 aliphatic carbocycles. The van der Waals surface area contributed by atoms with Gasteiger partial charge in [-0.3, -0.25) is 0 Å². The van der Waals surface area contributed by atoms with Gasteiger partial charge in [0.15, 0.2) is 0 Å². The number of aromatic nitrogens is 3. The van der Waals surface area contributed by atoms with Crippen molar-refractivity contribution < 1.29 is 4.52 Å². The van der Waals surface area contributed by atoms with Crippen molar-refractivity contribution in [2.75, 3.05) is 6.54 Å². The maximum atomic E-state index is 5.20. The molecule has 0 spiro atoms. The van der Waals surface area contributed by atoms with Gasteiger partial charge in [0, 0.05) is 18.0 Å². The predicted octanol–water partition coefficient (Wildman–Crippen LogP) is 2.28. The predicted molar refractivity (Wildman–Crippen MR) is 73.9 cm³/mol. The summed E-state index contributed by atoms with van der Waals surface area (Å²) in [4.78, 5) is 4.40. The highest BCUT2D eigenvalue weighted by molar-refractivity contribution is 5.21. The van der Waals surface area contributed by atoms with Gasteiger partial charge in [0.05, 0.1) is 18.8 Å². The summed E-state index contributed by atoms with van der Waals surface area (Å²) in [7, 11) is 0. The van der Waals surface area contributed by atoms with Crippen molar-refractivity contribution in [3.05, 3.63) is 35.2 Å². The van der Waals surface area contributed by atoms with Gasteiger partial charge in [-0.15, -0.1) is 0 Å². The molecule has 104 valence electrons. The molecule has 2 aromatic heterocycles. The first-order valence-corrected chi connectivity index (χ1v) is 6.70. The maximum absolute atomic E-state index is 5.20. The molecule has 0 aliphatic heterocycles. The van der Waals surface area contributed by atoms with Gasteiger partial charge < -0.3 is 14.4 Å². The molecule has 2 heterocycles. The first-order chi connectivity index (χ1) is 9.08. The zero-order valence-electron chi connectivity index (χ0n) is 12.1. The fourth-order valence-corrected chi connectivity index (χ4v) is 2.02. The van der Waals surface area contributed by atoms with E-state index >= 15 is 0 Å². The zero-order chi connectivity index (χ0) is 13.8. The summed E-state index contributed by atoms with van der Waals surface area (Å²) in [5, 5.41) is 7.40. The summed E-state index contributed by atoms with van der Waals surface area (Å²) in [5.41, 5.74) is 2.09. The van der Waals surface area contributed by atoms with Crippen LogP contribution < -0.4 is 5.32 Å². The van der Waals surface area contributed by atoms with E-state index < -0.39 is 0 Å². The van der Waals surface area contributed by atoms with Crippen LogP contribution in [-0.4, -0.2) is 21.3 Å². The van der Waals surface area contributed by atoms with Crippen LogP contribution in [0.5, 0.6) is 0 Å². The number of hydrogen-bond acceptors (Lipinski definition) is 4. The lowest BCUT2D eigenvalue weighted by atomic mass is 10.2. The van der Waals surface area contributed by atoms with Gasteiger partial charge in [0.25, 0.3) is 0 Å². The molecule has 19 heavy (non-hydrogen) atoms. The Labute approximate surface area is 114 Å². The number of nitrogens with one attached hydrogen (secondary N) is 1. The van der Waals surface area contributed by atoms with Crippen molar-refractivity contribution in [3.63, 3.8) is 0 Å². The first kappa shape index (κ1) is 13.8. The van der Waals surface area contributed by atoms with Crippen molar-refractivity contribution >= 4 is 0 Å². The van der Waals surface area contributed by atoms with E-state index in [-0.39, 0.29) is 0 Å². The van der Waals surface area contributed by atoms with E-state index in [1.54, 1.807) is 0 Å². The molecule has 0 saturated heterocycles. The molecule has 0 aromatic carbocycles. The summed E-state index contributed by atoms with van der Waals surface area (Å²) >= 11 is 0. The Morgan fingerprint density at radius 1 is 1.37 bits per heavy atom. The zero-order valence-corrected chi connectivity index (χ0v) is 12.1. The molecule has 2 rings (SSSR count). The van der Waals surface area contributed by atoms with Gasteiger partial charge in [-0.1, -0.05) is 19.0 Å². The SMILES string of the molecule is Cc1noc(C)c1Cn1ccnc1CNCC(C)C. The third kappa shape index (κ3) is 3.44. The Bertz CT molecular complexity index is 508. The average molecular weight is 262 g/mol. The molecule has 0 atom stereocenters. The third-order valence-corrected chi connectivity index (χ3v) is 3.15. The molecule has 2 aromatic rings. The largest absolute Gasteiger partial charge is 0.361 e. The average Bonchev–Trinajstić information content (AvgIpc) is 2.91. The van der Waals surface area contributed by atoms with Crippen molar-refractivity contribution in [2.45, 2.75) is 40.8 Å². The molecule has 1 N–H and O–H groups in total. The van der Waals surface area contributed by atoms with Gasteiger partial charge >= 0.3 is 0 Å². The highest BCUT2D eigenvalue weighted by atomic mass is 16.5. The van der Waals surface area contributed by atoms with Crippen molar-refractivity contribution in [2.24, 2.45) is 5.92 Å². The van der Waals surface area contributed by atoms with Gasteiger partial charge in [0.2, 0.25) is 0 Å². The second-order valence-corrected chi connectivity index (χ2v) is 5.30. The van der Waals surface area contributed by atoms with E-state index in [0.29, 0.717) is 5.92 Å². The summed E-state index contributed by atoms with van der Waals surface area (Å²) in [6.45, 7) is 10.9. The third-order valence-electron chi connectivity index (χ3n) is 3.15. The van der Waals surface area contributed by atoms with Gasteiger partial charge in [0.1, 0.15) is 11.6 Å². The minimum atomic E-state index is 0.644. The van der Waals surface area contributed by atoms with E-state index in [0.717, 1.165) is 42.5 Å². The number of rotatable bonds is 6. The van der Waals surface area contributed by atoms with Gasteiger partial charge in [-0.25, -0.2) is 4.98 Å². The second-order valence-electron chi connectivity index (χ2n) is 5.30. The van der Waals surface area contributed by atoms with Crippen LogP contribution in [0.4, 0.5) is 0 Å². The molecule has 0 unspecified atom stereocenters. The fourth-order valence-electron chi connectivity index (χ4n) is 2.02. The van der Waals surface area contributed by atoms with E-state index in [1.165, 1.54) is 0 Å². The van der Waals surface area contributed by atoms with Crippen LogP contribution in [0.2, 0.25) is 0 Å². The van der Waals surface area contributed by atoms with Crippen LogP contribution in [0.3, 0.4) is 0 Å². The summed E-state index contributed by atoms with van der Waals surface area (Å²) in [5.74, 6) is 2.57. The molecule has 5 nitrogen and oxygen atoms in total. The lowest BCUT2D eigenvalue weighted by Gasteiger charge is -2.10. The smallest absolute Gasteiger partial charge is 0.138 e. The number of imidazole rings is 1. The summed E-state index contributed by atoms with van der Waals surface area (Å²) < 4.78 is 7.34. The molecule has 0 fully saturated rings. The van der Waals surface area contributed by atoms with E-state index in [1.807, 2.05) is 26.2 Å². The van der Waals surface area contributed by atoms with Crippen molar-refractivity contribution in [3.8, 4) is 0 Å². The Balaban J connectivity index is 2.03. The summed E-state index contributed by atoms with van der Waals surface area (Å²) in [6.07, 6.45) is 3.84. The van der Waals surface area contributed by atoms with Gasteiger partial charge in [-0.2, -0.15) is 0 Å². The molecular formula is C14H22N4O. The molecule has 5 heteroatoms. The Morgan fingerprint density at radius 2 is 2.16 bits per heavy atom. The molecular weight excluding hydrogens is 240 g/mol. The van der Waals surface area contributed by atoms with Gasteiger partial charge in [-0.05, 0) is 26.3 Å². The summed E-state index contributed by atoms with van der Waals surface area (Å²) in [6, 6.07) is 0. The lowest BCUT2D eigenvalue weighted by Crippen LogP contribution is -2.21. The Hall–Kier alpha value is -1.62. The number of nitrogens with zero attached hydrogens (tertiary/aromatic N) is 3. The molecule has 0 amide bonds. The maximum Gasteiger partial charge on any atom is 0.138 e. The quantitative estimate of drug-likeness (QED) is 0.867. The van der Waals surface area contributed by atoms with Crippen LogP contribution >= 0.6 is 0 Å². The highest BCUT2D eigenvalue weighted by Gasteiger charge is 2.11. The lowest BCUT2D eigenvalue weighted by molar-refractivity contribution is 0.392. The van der Waals surface area contributed by atoms with Crippen LogP contribution in [0.15, 0.2) is 16.9 Å². The normalized spacial score (nSPS) is 11.4. The van der Waals surface area contributed by atoms with Crippen LogP contribution in [0.25, 0.3) is 0 Å². The topological polar surface area (TPSA) is 55.9 Å². The fraction of sp³-hybridized carbons (Fsp3) is 0.571. The Morgan fingerprint density at radius 3 is 2.79 bits per heavy atom. The number of aryl methyl sites for hydroxylation is 2. The second kappa shape index (κ2) is 6.02. The van der Waals surface area contributed by atoms with Crippen molar-refractivity contribution in [1.29, 1.82) is 0 Å². The van der Waals surface area contributed by atoms with E-state index in [4.69, 9.17) is 4.52 Å².